The van der Waals surface area contributed by atoms with Crippen molar-refractivity contribution < 1.29 is 0 Å². The molecule has 2 N–H and O–H groups in total. The Bertz CT molecular complexity index is 174. The highest BCUT2D eigenvalue weighted by molar-refractivity contribution is 4.96. The summed E-state index contributed by atoms with van der Waals surface area (Å²) < 4.78 is 0. The van der Waals surface area contributed by atoms with E-state index >= 15 is 0 Å². The molecule has 2 heteroatoms. The van der Waals surface area contributed by atoms with Crippen LogP contribution in [0, 0.1) is 5.92 Å². The van der Waals surface area contributed by atoms with Crippen LogP contribution >= 0.6 is 0 Å². The Balaban J connectivity index is 4.91. The van der Waals surface area contributed by atoms with Gasteiger partial charge in [0, 0.05) is 11.6 Å². The van der Waals surface area contributed by atoms with Gasteiger partial charge in [0.1, 0.15) is 0 Å². The van der Waals surface area contributed by atoms with Gasteiger partial charge in [0.2, 0.25) is 0 Å². The number of hydrogen-bond acceptors (Lipinski definition) is 2. The van der Waals surface area contributed by atoms with Gasteiger partial charge in [-0.2, -0.15) is 0 Å². The summed E-state index contributed by atoms with van der Waals surface area (Å²) in [7, 11) is 0. The summed E-state index contributed by atoms with van der Waals surface area (Å²) in [5.41, 5.74) is 6.69. The van der Waals surface area contributed by atoms with E-state index < -0.39 is 0 Å². The van der Waals surface area contributed by atoms with Crippen LogP contribution in [0.3, 0.4) is 0 Å². The van der Waals surface area contributed by atoms with Crippen molar-refractivity contribution in [3.8, 4) is 0 Å². The van der Waals surface area contributed by atoms with E-state index in [4.69, 9.17) is 5.73 Å². The lowest BCUT2D eigenvalue weighted by Gasteiger charge is -2.46. The summed E-state index contributed by atoms with van der Waals surface area (Å²) in [5, 5.41) is 0. The maximum absolute atomic E-state index is 6.54. The molecule has 2 nitrogen and oxygen atoms in total. The van der Waals surface area contributed by atoms with E-state index in [0.717, 1.165) is 19.5 Å². The first-order valence-corrected chi connectivity index (χ1v) is 7.02. The molecule has 0 radical (unpaired) electrons. The lowest BCUT2D eigenvalue weighted by Crippen LogP contribution is -2.60. The zero-order valence-electron chi connectivity index (χ0n) is 12.2. The van der Waals surface area contributed by atoms with E-state index in [1.54, 1.807) is 0 Å². The van der Waals surface area contributed by atoms with E-state index in [1.807, 2.05) is 0 Å². The van der Waals surface area contributed by atoms with Crippen LogP contribution in [0.25, 0.3) is 0 Å². The minimum Gasteiger partial charge on any atom is -0.326 e. The van der Waals surface area contributed by atoms with E-state index in [9.17, 15) is 0 Å². The molecule has 2 atom stereocenters. The third kappa shape index (κ3) is 3.21. The smallest absolute Gasteiger partial charge is 0.0332 e. The van der Waals surface area contributed by atoms with Crippen molar-refractivity contribution in [1.29, 1.82) is 0 Å². The average molecular weight is 228 g/mol. The van der Waals surface area contributed by atoms with Gasteiger partial charge < -0.3 is 5.73 Å². The molecule has 0 aliphatic rings. The van der Waals surface area contributed by atoms with Crippen LogP contribution in [0.5, 0.6) is 0 Å². The fraction of sp³-hybridized carbons (Fsp3) is 1.00. The minimum absolute atomic E-state index is 0.153. The average Bonchev–Trinajstić information content (AvgIpc) is 2.31. The van der Waals surface area contributed by atoms with Crippen molar-refractivity contribution in [1.82, 2.24) is 4.90 Å². The Morgan fingerprint density at radius 3 is 1.69 bits per heavy atom. The van der Waals surface area contributed by atoms with Crippen LogP contribution in [0.2, 0.25) is 0 Å². The van der Waals surface area contributed by atoms with E-state index in [-0.39, 0.29) is 11.6 Å². The molecular weight excluding hydrogens is 196 g/mol. The summed E-state index contributed by atoms with van der Waals surface area (Å²) in [6.07, 6.45) is 3.51. The molecule has 0 heterocycles. The molecule has 0 aromatic carbocycles. The minimum atomic E-state index is 0.153. The molecule has 16 heavy (non-hydrogen) atoms. The monoisotopic (exact) mass is 228 g/mol. The summed E-state index contributed by atoms with van der Waals surface area (Å²) in [4.78, 5) is 2.52. The lowest BCUT2D eigenvalue weighted by molar-refractivity contribution is 0.0601. The van der Waals surface area contributed by atoms with Gasteiger partial charge in [-0.1, -0.05) is 47.5 Å². The lowest BCUT2D eigenvalue weighted by atomic mass is 9.78. The molecule has 98 valence electrons. The molecule has 0 aromatic heterocycles. The predicted molar refractivity (Wildman–Crippen MR) is 73.7 cm³/mol. The number of rotatable bonds is 8. The molecule has 0 saturated heterocycles. The normalized spacial score (nSPS) is 17.8. The summed E-state index contributed by atoms with van der Waals surface area (Å²) in [6, 6.07) is 0.285. The van der Waals surface area contributed by atoms with Gasteiger partial charge in [0.15, 0.2) is 0 Å². The molecule has 0 aliphatic heterocycles. The fourth-order valence-corrected chi connectivity index (χ4v) is 2.92. The first-order chi connectivity index (χ1) is 7.51. The molecule has 0 spiro atoms. The predicted octanol–water partition coefficient (Wildman–Crippen LogP) is 3.26. The molecule has 0 fully saturated rings. The number of nitrogens with zero attached hydrogens (tertiary/aromatic N) is 1. The first kappa shape index (κ1) is 15.9. The third-order valence-corrected chi connectivity index (χ3v) is 4.48. The van der Waals surface area contributed by atoms with Crippen molar-refractivity contribution in [2.45, 2.75) is 72.4 Å². The number of hydrogen-bond donors (Lipinski definition) is 1. The third-order valence-electron chi connectivity index (χ3n) is 4.48. The van der Waals surface area contributed by atoms with Crippen molar-refractivity contribution in [2.24, 2.45) is 11.7 Å². The fourth-order valence-electron chi connectivity index (χ4n) is 2.92. The van der Waals surface area contributed by atoms with Crippen LogP contribution in [-0.4, -0.2) is 29.6 Å². The highest BCUT2D eigenvalue weighted by Crippen LogP contribution is 2.29. The van der Waals surface area contributed by atoms with Crippen molar-refractivity contribution in [2.75, 3.05) is 13.1 Å². The Kier molecular flexibility index (Phi) is 7.25. The molecule has 0 aromatic rings. The van der Waals surface area contributed by atoms with Crippen LogP contribution in [0.15, 0.2) is 0 Å². The van der Waals surface area contributed by atoms with Crippen LogP contribution < -0.4 is 5.73 Å². The van der Waals surface area contributed by atoms with Gasteiger partial charge in [0.05, 0.1) is 0 Å². The molecule has 0 bridgehead atoms. The largest absolute Gasteiger partial charge is 0.326 e. The SMILES string of the molecule is CCC(CC)C(N)C(C)(CC)N(CC)CC. The van der Waals surface area contributed by atoms with Crippen molar-refractivity contribution in [3.05, 3.63) is 0 Å². The highest BCUT2D eigenvalue weighted by atomic mass is 15.2. The summed E-state index contributed by atoms with van der Waals surface area (Å²) in [6.45, 7) is 15.8. The molecule has 0 rings (SSSR count). The Morgan fingerprint density at radius 1 is 1.00 bits per heavy atom. The second-order valence-electron chi connectivity index (χ2n) is 4.99. The van der Waals surface area contributed by atoms with Crippen molar-refractivity contribution in [3.63, 3.8) is 0 Å². The van der Waals surface area contributed by atoms with Crippen LogP contribution in [0.1, 0.15) is 60.8 Å². The van der Waals surface area contributed by atoms with Gasteiger partial charge >= 0.3 is 0 Å². The van der Waals surface area contributed by atoms with E-state index in [0.29, 0.717) is 5.92 Å². The molecule has 0 aliphatic carbocycles. The maximum Gasteiger partial charge on any atom is 0.0332 e. The number of likely N-dealkylation sites (N-methyl/N-ethyl adjacent to an activating group) is 1. The summed E-state index contributed by atoms with van der Waals surface area (Å²) >= 11 is 0. The Hall–Kier alpha value is -0.0800. The Labute approximate surface area is 103 Å². The number of nitrogens with two attached hydrogens (primary N) is 1. The highest BCUT2D eigenvalue weighted by Gasteiger charge is 2.37. The van der Waals surface area contributed by atoms with Crippen LogP contribution in [-0.2, 0) is 0 Å². The van der Waals surface area contributed by atoms with Crippen molar-refractivity contribution >= 4 is 0 Å². The van der Waals surface area contributed by atoms with Gasteiger partial charge in [-0.3, -0.25) is 4.90 Å². The summed E-state index contributed by atoms with van der Waals surface area (Å²) in [5.74, 6) is 0.644. The second-order valence-corrected chi connectivity index (χ2v) is 4.99. The van der Waals surface area contributed by atoms with E-state index in [1.165, 1.54) is 12.8 Å². The zero-order chi connectivity index (χ0) is 12.8. The van der Waals surface area contributed by atoms with Gasteiger partial charge in [0.25, 0.3) is 0 Å². The molecule has 0 amide bonds. The van der Waals surface area contributed by atoms with Crippen LogP contribution in [0.4, 0.5) is 0 Å². The topological polar surface area (TPSA) is 29.3 Å². The molecular formula is C14H32N2. The molecule has 0 saturated carbocycles. The Morgan fingerprint density at radius 2 is 1.44 bits per heavy atom. The first-order valence-electron chi connectivity index (χ1n) is 7.02. The maximum atomic E-state index is 6.54. The van der Waals surface area contributed by atoms with E-state index in [2.05, 4.69) is 46.4 Å². The standard InChI is InChI=1S/C14H32N2/c1-7-12(8-2)13(15)14(6,9-3)16(10-4)11-5/h12-13H,7-11,15H2,1-6H3. The van der Waals surface area contributed by atoms with Gasteiger partial charge in [-0.05, 0) is 32.4 Å². The zero-order valence-corrected chi connectivity index (χ0v) is 12.2. The second kappa shape index (κ2) is 7.29. The van der Waals surface area contributed by atoms with Gasteiger partial charge in [-0.25, -0.2) is 0 Å². The molecule has 2 unspecified atom stereocenters. The van der Waals surface area contributed by atoms with Gasteiger partial charge in [-0.15, -0.1) is 0 Å². The quantitative estimate of drug-likeness (QED) is 0.691.